The molecule has 18 heavy (non-hydrogen) atoms. The average Bonchev–Trinajstić information content (AvgIpc) is 2.81. The molecule has 0 unspecified atom stereocenters. The maximum absolute atomic E-state index is 4.32. The summed E-state index contributed by atoms with van der Waals surface area (Å²) in [5.41, 5.74) is 1.14. The maximum Gasteiger partial charge on any atom is 0.129 e. The van der Waals surface area contributed by atoms with Crippen molar-refractivity contribution in [3.8, 4) is 0 Å². The SMILES string of the molecule is Cc1nncn1CCN(C)CCc1ccccn1. The summed E-state index contributed by atoms with van der Waals surface area (Å²) in [6.07, 6.45) is 4.61. The van der Waals surface area contributed by atoms with Crippen LogP contribution in [0.5, 0.6) is 0 Å². The molecule has 0 saturated carbocycles. The van der Waals surface area contributed by atoms with Gasteiger partial charge in [-0.3, -0.25) is 4.98 Å². The molecular formula is C13H19N5. The molecular weight excluding hydrogens is 226 g/mol. The lowest BCUT2D eigenvalue weighted by molar-refractivity contribution is 0.320. The van der Waals surface area contributed by atoms with Crippen molar-refractivity contribution in [1.29, 1.82) is 0 Å². The number of pyridine rings is 1. The largest absolute Gasteiger partial charge is 0.317 e. The topological polar surface area (TPSA) is 46.8 Å². The molecule has 0 amide bonds. The zero-order valence-electron chi connectivity index (χ0n) is 11.0. The number of nitrogens with zero attached hydrogens (tertiary/aromatic N) is 5. The van der Waals surface area contributed by atoms with Crippen molar-refractivity contribution in [3.05, 3.63) is 42.2 Å². The van der Waals surface area contributed by atoms with Crippen LogP contribution in [0.15, 0.2) is 30.7 Å². The van der Waals surface area contributed by atoms with E-state index in [9.17, 15) is 0 Å². The molecule has 0 aliphatic rings. The minimum Gasteiger partial charge on any atom is -0.317 e. The molecule has 0 aliphatic carbocycles. The number of rotatable bonds is 6. The van der Waals surface area contributed by atoms with E-state index in [2.05, 4.69) is 37.8 Å². The van der Waals surface area contributed by atoms with E-state index in [0.717, 1.165) is 37.6 Å². The molecule has 0 saturated heterocycles. The summed E-state index contributed by atoms with van der Waals surface area (Å²) in [5, 5.41) is 7.85. The van der Waals surface area contributed by atoms with Crippen molar-refractivity contribution in [2.45, 2.75) is 19.9 Å². The van der Waals surface area contributed by atoms with E-state index in [1.54, 1.807) is 6.33 Å². The van der Waals surface area contributed by atoms with Crippen LogP contribution in [0, 0.1) is 6.92 Å². The van der Waals surface area contributed by atoms with Gasteiger partial charge in [-0.2, -0.15) is 0 Å². The molecule has 0 bridgehead atoms. The molecule has 2 heterocycles. The van der Waals surface area contributed by atoms with Gasteiger partial charge in [0.1, 0.15) is 12.2 Å². The van der Waals surface area contributed by atoms with Crippen molar-refractivity contribution in [1.82, 2.24) is 24.6 Å². The van der Waals surface area contributed by atoms with Crippen molar-refractivity contribution >= 4 is 0 Å². The van der Waals surface area contributed by atoms with Crippen molar-refractivity contribution in [2.24, 2.45) is 0 Å². The smallest absolute Gasteiger partial charge is 0.129 e. The number of hydrogen-bond donors (Lipinski definition) is 0. The Balaban J connectivity index is 1.73. The quantitative estimate of drug-likeness (QED) is 0.766. The van der Waals surface area contributed by atoms with Crippen molar-refractivity contribution < 1.29 is 0 Å². The summed E-state index contributed by atoms with van der Waals surface area (Å²) in [6, 6.07) is 6.04. The van der Waals surface area contributed by atoms with Crippen LogP contribution >= 0.6 is 0 Å². The fourth-order valence-electron chi connectivity index (χ4n) is 1.77. The van der Waals surface area contributed by atoms with Crippen LogP contribution in [0.4, 0.5) is 0 Å². The number of hydrogen-bond acceptors (Lipinski definition) is 4. The Hall–Kier alpha value is -1.75. The molecule has 5 heteroatoms. The highest BCUT2D eigenvalue weighted by Crippen LogP contribution is 1.98. The first kappa shape index (κ1) is 12.7. The van der Waals surface area contributed by atoms with E-state index < -0.39 is 0 Å². The van der Waals surface area contributed by atoms with E-state index in [-0.39, 0.29) is 0 Å². The molecule has 96 valence electrons. The fraction of sp³-hybridized carbons (Fsp3) is 0.462. The lowest BCUT2D eigenvalue weighted by Gasteiger charge is -2.16. The third kappa shape index (κ3) is 3.63. The summed E-state index contributed by atoms with van der Waals surface area (Å²) in [7, 11) is 2.13. The maximum atomic E-state index is 4.32. The van der Waals surface area contributed by atoms with E-state index in [4.69, 9.17) is 0 Å². The van der Waals surface area contributed by atoms with Crippen molar-refractivity contribution in [2.75, 3.05) is 20.1 Å². The predicted molar refractivity (Wildman–Crippen MR) is 70.2 cm³/mol. The van der Waals surface area contributed by atoms with Crippen LogP contribution in [0.3, 0.4) is 0 Å². The highest BCUT2D eigenvalue weighted by Gasteiger charge is 2.02. The molecule has 2 aromatic heterocycles. The second-order valence-corrected chi connectivity index (χ2v) is 4.45. The standard InChI is InChI=1S/C13H19N5/c1-12-16-15-11-18(12)10-9-17(2)8-6-13-5-3-4-7-14-13/h3-5,7,11H,6,8-10H2,1-2H3. The Morgan fingerprint density at radius 2 is 2.17 bits per heavy atom. The first-order valence-corrected chi connectivity index (χ1v) is 6.18. The van der Waals surface area contributed by atoms with E-state index in [1.807, 2.05) is 25.3 Å². The lowest BCUT2D eigenvalue weighted by atomic mass is 10.2. The summed E-state index contributed by atoms with van der Waals surface area (Å²) in [4.78, 5) is 6.62. The number of aromatic nitrogens is 4. The molecule has 2 rings (SSSR count). The van der Waals surface area contributed by atoms with E-state index in [0.29, 0.717) is 0 Å². The minimum atomic E-state index is 0.928. The van der Waals surface area contributed by atoms with Gasteiger partial charge in [-0.15, -0.1) is 10.2 Å². The third-order valence-electron chi connectivity index (χ3n) is 3.01. The molecule has 0 N–H and O–H groups in total. The van der Waals surface area contributed by atoms with Crippen LogP contribution in [-0.2, 0) is 13.0 Å². The molecule has 0 aliphatic heterocycles. The van der Waals surface area contributed by atoms with Gasteiger partial charge in [-0.1, -0.05) is 6.07 Å². The number of likely N-dealkylation sites (N-methyl/N-ethyl adjacent to an activating group) is 1. The Morgan fingerprint density at radius 1 is 1.28 bits per heavy atom. The zero-order valence-corrected chi connectivity index (χ0v) is 11.0. The molecule has 0 aromatic carbocycles. The van der Waals surface area contributed by atoms with Gasteiger partial charge in [0.15, 0.2) is 0 Å². The zero-order chi connectivity index (χ0) is 12.8. The normalized spacial score (nSPS) is 11.1. The Kier molecular flexibility index (Phi) is 4.41. The van der Waals surface area contributed by atoms with Crippen LogP contribution in [0.1, 0.15) is 11.5 Å². The minimum absolute atomic E-state index is 0.928. The second kappa shape index (κ2) is 6.26. The molecule has 0 fully saturated rings. The summed E-state index contributed by atoms with van der Waals surface area (Å²) >= 11 is 0. The van der Waals surface area contributed by atoms with Gasteiger partial charge in [-0.25, -0.2) is 0 Å². The highest BCUT2D eigenvalue weighted by atomic mass is 15.3. The van der Waals surface area contributed by atoms with Crippen LogP contribution in [0.25, 0.3) is 0 Å². The summed E-state index contributed by atoms with van der Waals surface area (Å²) < 4.78 is 2.07. The first-order chi connectivity index (χ1) is 8.75. The van der Waals surface area contributed by atoms with Crippen LogP contribution in [0.2, 0.25) is 0 Å². The molecule has 5 nitrogen and oxygen atoms in total. The Labute approximate surface area is 107 Å². The van der Waals surface area contributed by atoms with Gasteiger partial charge in [-0.05, 0) is 26.1 Å². The highest BCUT2D eigenvalue weighted by molar-refractivity contribution is 5.03. The fourth-order valence-corrected chi connectivity index (χ4v) is 1.77. The van der Waals surface area contributed by atoms with Crippen LogP contribution in [-0.4, -0.2) is 44.8 Å². The molecule has 0 atom stereocenters. The first-order valence-electron chi connectivity index (χ1n) is 6.18. The van der Waals surface area contributed by atoms with Gasteiger partial charge >= 0.3 is 0 Å². The lowest BCUT2D eigenvalue weighted by Crippen LogP contribution is -2.25. The molecule has 0 spiro atoms. The van der Waals surface area contributed by atoms with Gasteiger partial charge in [0.05, 0.1) is 0 Å². The van der Waals surface area contributed by atoms with Crippen LogP contribution < -0.4 is 0 Å². The van der Waals surface area contributed by atoms with Gasteiger partial charge in [0, 0.05) is 37.9 Å². The van der Waals surface area contributed by atoms with Crippen molar-refractivity contribution in [3.63, 3.8) is 0 Å². The molecule has 0 radical (unpaired) electrons. The van der Waals surface area contributed by atoms with E-state index >= 15 is 0 Å². The Morgan fingerprint density at radius 3 is 2.83 bits per heavy atom. The predicted octanol–water partition coefficient (Wildman–Crippen LogP) is 1.16. The molecule has 2 aromatic rings. The van der Waals surface area contributed by atoms with Gasteiger partial charge in [0.2, 0.25) is 0 Å². The average molecular weight is 245 g/mol. The second-order valence-electron chi connectivity index (χ2n) is 4.45. The Bertz CT molecular complexity index is 465. The summed E-state index contributed by atoms with van der Waals surface area (Å²) in [6.45, 7) is 4.91. The number of aryl methyl sites for hydroxylation is 1. The van der Waals surface area contributed by atoms with Gasteiger partial charge in [0.25, 0.3) is 0 Å². The van der Waals surface area contributed by atoms with Gasteiger partial charge < -0.3 is 9.47 Å². The third-order valence-corrected chi connectivity index (χ3v) is 3.01. The summed E-state index contributed by atoms with van der Waals surface area (Å²) in [5.74, 6) is 0.966. The van der Waals surface area contributed by atoms with E-state index in [1.165, 1.54) is 0 Å². The monoisotopic (exact) mass is 245 g/mol.